The average molecular weight is 654 g/mol. The maximum absolute atomic E-state index is 14.1. The average Bonchev–Trinajstić information content (AvgIpc) is 3.48. The number of amides is 2. The van der Waals surface area contributed by atoms with E-state index in [0.29, 0.717) is 13.1 Å². The number of benzene rings is 2. The normalized spacial score (nSPS) is 15.0. The molecule has 0 bridgehead atoms. The first-order valence-corrected chi connectivity index (χ1v) is 13.6. The largest absolute Gasteiger partial charge is 0.446 e. The molecule has 0 fully saturated rings. The molecule has 6 nitrogen and oxygen atoms in total. The van der Waals surface area contributed by atoms with Crippen LogP contribution in [0.3, 0.4) is 0 Å². The Hall–Kier alpha value is -4.04. The molecule has 0 saturated heterocycles. The van der Waals surface area contributed by atoms with Crippen molar-refractivity contribution < 1.29 is 53.9 Å². The minimum absolute atomic E-state index is 0.104. The molecule has 0 saturated carbocycles. The number of rotatable bonds is 8. The molecule has 0 radical (unpaired) electrons. The van der Waals surface area contributed by atoms with Gasteiger partial charge < -0.3 is 10.2 Å². The zero-order valence-corrected chi connectivity index (χ0v) is 24.6. The van der Waals surface area contributed by atoms with Gasteiger partial charge in [0.2, 0.25) is 18.1 Å². The minimum Gasteiger partial charge on any atom is -0.373 e. The number of anilines is 2. The highest BCUT2D eigenvalue weighted by Crippen LogP contribution is 2.33. The van der Waals surface area contributed by atoms with Crippen LogP contribution in [0.2, 0.25) is 0 Å². The van der Waals surface area contributed by atoms with Gasteiger partial charge >= 0.3 is 18.5 Å². The van der Waals surface area contributed by atoms with Crippen LogP contribution in [0.4, 0.5) is 50.9 Å². The van der Waals surface area contributed by atoms with Crippen molar-refractivity contribution in [3.63, 3.8) is 0 Å². The summed E-state index contributed by atoms with van der Waals surface area (Å²) >= 11 is 0. The molecule has 2 aromatic carbocycles. The molecule has 0 aliphatic carbocycles. The molecule has 2 atom stereocenters. The van der Waals surface area contributed by atoms with Crippen LogP contribution in [0, 0.1) is 11.8 Å². The number of nitrogens with one attached hydrogen (secondary N) is 1. The fourth-order valence-corrected chi connectivity index (χ4v) is 4.37. The number of carbonyl (C=O) groups excluding carboxylic acids is 3. The van der Waals surface area contributed by atoms with E-state index in [1.54, 1.807) is 32.6 Å². The van der Waals surface area contributed by atoms with Crippen molar-refractivity contribution in [2.24, 2.45) is 11.8 Å². The second-order valence-electron chi connectivity index (χ2n) is 10.8. The van der Waals surface area contributed by atoms with Gasteiger partial charge in [-0.15, -0.1) is 0 Å². The van der Waals surface area contributed by atoms with E-state index in [9.17, 15) is 49.1 Å². The van der Waals surface area contributed by atoms with Crippen LogP contribution in [0.5, 0.6) is 0 Å². The first-order chi connectivity index (χ1) is 20.7. The second-order valence-corrected chi connectivity index (χ2v) is 10.8. The number of halogens is 9. The van der Waals surface area contributed by atoms with Crippen LogP contribution in [-0.4, -0.2) is 54.3 Å². The molecular weight excluding hydrogens is 621 g/mol. The summed E-state index contributed by atoms with van der Waals surface area (Å²) in [6.45, 7) is 7.61. The summed E-state index contributed by atoms with van der Waals surface area (Å²) in [4.78, 5) is 39.2. The standard InChI is InChI=1S/C28H31F6N3O2.C2HF3O/c1-17(2)23(35-21-11-7-19(8-12-21)27(29,30)31)25(38)37(22-13-9-20(10-14-22)28(32,33)34)24(18(3)4)26(39)36-15-5-6-16-36;3-2(4,5)1-6/h5-14,17-18,23-24,35H,15-16H2,1-4H3;1H/t23-,24+;/m1./s1. The number of carbonyl (C=O) groups is 3. The summed E-state index contributed by atoms with van der Waals surface area (Å²) in [5.74, 6) is -1.76. The van der Waals surface area contributed by atoms with Crippen molar-refractivity contribution in [1.29, 1.82) is 0 Å². The topological polar surface area (TPSA) is 69.7 Å². The monoisotopic (exact) mass is 653 g/mol. The van der Waals surface area contributed by atoms with Gasteiger partial charge in [0.05, 0.1) is 11.1 Å². The Morgan fingerprint density at radius 3 is 1.53 bits per heavy atom. The van der Waals surface area contributed by atoms with Gasteiger partial charge in [-0.3, -0.25) is 19.3 Å². The Morgan fingerprint density at radius 2 is 1.18 bits per heavy atom. The van der Waals surface area contributed by atoms with E-state index in [1.165, 1.54) is 17.0 Å². The second kappa shape index (κ2) is 14.8. The van der Waals surface area contributed by atoms with Gasteiger partial charge in [-0.1, -0.05) is 39.8 Å². The van der Waals surface area contributed by atoms with Crippen LogP contribution in [-0.2, 0) is 26.7 Å². The zero-order valence-electron chi connectivity index (χ0n) is 24.6. The van der Waals surface area contributed by atoms with Crippen molar-refractivity contribution in [3.05, 3.63) is 71.8 Å². The lowest BCUT2D eigenvalue weighted by Crippen LogP contribution is -2.57. The van der Waals surface area contributed by atoms with Crippen molar-refractivity contribution in [1.82, 2.24) is 4.90 Å². The molecule has 1 aliphatic heterocycles. The smallest absolute Gasteiger partial charge is 0.373 e. The van der Waals surface area contributed by atoms with Gasteiger partial charge in [-0.25, -0.2) is 0 Å². The van der Waals surface area contributed by atoms with E-state index in [0.717, 1.165) is 36.4 Å². The maximum atomic E-state index is 14.1. The van der Waals surface area contributed by atoms with Crippen molar-refractivity contribution in [2.45, 2.75) is 58.3 Å². The third-order valence-electron chi connectivity index (χ3n) is 6.60. The maximum Gasteiger partial charge on any atom is 0.446 e. The SMILES string of the molecule is CC(C)[C@@H](C(=O)N1CC=CC1)N(C(=O)[C@H](Nc1ccc(C(F)(F)F)cc1)C(C)C)c1ccc(C(F)(F)F)cc1.O=CC(F)(F)F. The van der Waals surface area contributed by atoms with E-state index >= 15 is 0 Å². The van der Waals surface area contributed by atoms with Crippen LogP contribution >= 0.6 is 0 Å². The van der Waals surface area contributed by atoms with Gasteiger partial charge in [0, 0.05) is 24.5 Å². The van der Waals surface area contributed by atoms with Gasteiger partial charge in [-0.05, 0) is 60.4 Å². The predicted molar refractivity (Wildman–Crippen MR) is 149 cm³/mol. The Balaban J connectivity index is 0.00000107. The molecule has 0 aromatic heterocycles. The lowest BCUT2D eigenvalue weighted by molar-refractivity contribution is -0.156. The Labute approximate surface area is 253 Å². The highest BCUT2D eigenvalue weighted by Gasteiger charge is 2.40. The third kappa shape index (κ3) is 10.5. The van der Waals surface area contributed by atoms with Crippen LogP contribution < -0.4 is 10.2 Å². The fourth-order valence-electron chi connectivity index (χ4n) is 4.37. The van der Waals surface area contributed by atoms with E-state index in [4.69, 9.17) is 4.79 Å². The summed E-state index contributed by atoms with van der Waals surface area (Å²) in [6, 6.07) is 6.15. The molecule has 1 heterocycles. The number of hydrogen-bond acceptors (Lipinski definition) is 4. The van der Waals surface area contributed by atoms with Crippen LogP contribution in [0.15, 0.2) is 60.7 Å². The molecule has 3 rings (SSSR count). The summed E-state index contributed by atoms with van der Waals surface area (Å²) < 4.78 is 110. The lowest BCUT2D eigenvalue weighted by Gasteiger charge is -2.39. The van der Waals surface area contributed by atoms with E-state index in [1.807, 2.05) is 12.2 Å². The van der Waals surface area contributed by atoms with Gasteiger partial charge in [-0.2, -0.15) is 39.5 Å². The van der Waals surface area contributed by atoms with Crippen LogP contribution in [0.1, 0.15) is 38.8 Å². The Bertz CT molecular complexity index is 1310. The van der Waals surface area contributed by atoms with Gasteiger partial charge in [0.15, 0.2) is 0 Å². The first kappa shape index (κ1) is 37.1. The molecule has 2 amide bonds. The lowest BCUT2D eigenvalue weighted by atomic mass is 9.95. The number of hydrogen-bond donors (Lipinski definition) is 1. The van der Waals surface area contributed by atoms with Crippen LogP contribution in [0.25, 0.3) is 0 Å². The zero-order chi connectivity index (χ0) is 34.3. The summed E-state index contributed by atoms with van der Waals surface area (Å²) in [5, 5.41) is 2.97. The number of alkyl halides is 9. The molecular formula is C30H32F9N3O3. The first-order valence-electron chi connectivity index (χ1n) is 13.6. The van der Waals surface area contributed by atoms with E-state index < -0.39 is 65.8 Å². The van der Waals surface area contributed by atoms with Gasteiger partial charge in [0.1, 0.15) is 12.1 Å². The quantitative estimate of drug-likeness (QED) is 0.184. The summed E-state index contributed by atoms with van der Waals surface area (Å²) in [5.41, 5.74) is -1.40. The fraction of sp³-hybridized carbons (Fsp3) is 0.433. The Kier molecular flexibility index (Phi) is 12.2. The minimum atomic E-state index is -4.64. The number of nitrogens with zero attached hydrogens (tertiary/aromatic N) is 2. The molecule has 0 spiro atoms. The van der Waals surface area contributed by atoms with Crippen molar-refractivity contribution in [3.8, 4) is 0 Å². The Morgan fingerprint density at radius 1 is 0.756 bits per heavy atom. The van der Waals surface area contributed by atoms with Crippen molar-refractivity contribution >= 4 is 29.5 Å². The summed E-state index contributed by atoms with van der Waals surface area (Å²) in [7, 11) is 0. The molecule has 0 unspecified atom stereocenters. The van der Waals surface area contributed by atoms with E-state index in [-0.39, 0.29) is 17.3 Å². The highest BCUT2D eigenvalue weighted by atomic mass is 19.4. The molecule has 15 heteroatoms. The third-order valence-corrected chi connectivity index (χ3v) is 6.60. The molecule has 1 aliphatic rings. The van der Waals surface area contributed by atoms with E-state index in [2.05, 4.69) is 5.32 Å². The predicted octanol–water partition coefficient (Wildman–Crippen LogP) is 7.36. The molecule has 2 aromatic rings. The van der Waals surface area contributed by atoms with Gasteiger partial charge in [0.25, 0.3) is 0 Å². The molecule has 1 N–H and O–H groups in total. The molecule has 45 heavy (non-hydrogen) atoms. The van der Waals surface area contributed by atoms with Crippen molar-refractivity contribution in [2.75, 3.05) is 23.3 Å². The number of aldehydes is 1. The molecule has 248 valence electrons. The highest BCUT2D eigenvalue weighted by molar-refractivity contribution is 6.04. The summed E-state index contributed by atoms with van der Waals surface area (Å²) in [6.07, 6.45) is -11.2.